The van der Waals surface area contributed by atoms with Gasteiger partial charge in [-0.1, -0.05) is 22.0 Å². The van der Waals surface area contributed by atoms with Gasteiger partial charge in [0.1, 0.15) is 11.6 Å². The summed E-state index contributed by atoms with van der Waals surface area (Å²) in [7, 11) is 0. The van der Waals surface area contributed by atoms with Crippen LogP contribution in [-0.4, -0.2) is 9.97 Å². The van der Waals surface area contributed by atoms with Crippen LogP contribution in [0.5, 0.6) is 0 Å². The Morgan fingerprint density at radius 2 is 2.28 bits per heavy atom. The van der Waals surface area contributed by atoms with E-state index in [1.807, 2.05) is 12.3 Å². The van der Waals surface area contributed by atoms with Crippen molar-refractivity contribution in [1.29, 1.82) is 0 Å². The van der Waals surface area contributed by atoms with Gasteiger partial charge in [-0.3, -0.25) is 0 Å². The molecule has 0 radical (unpaired) electrons. The molecule has 2 nitrogen and oxygen atoms in total. The first-order valence-corrected chi connectivity index (χ1v) is 7.27. The molecule has 0 fully saturated rings. The van der Waals surface area contributed by atoms with Crippen molar-refractivity contribution in [3.8, 4) is 0 Å². The van der Waals surface area contributed by atoms with E-state index in [4.69, 9.17) is 0 Å². The van der Waals surface area contributed by atoms with Crippen molar-refractivity contribution in [2.24, 2.45) is 0 Å². The zero-order valence-electron chi connectivity index (χ0n) is 9.36. The van der Waals surface area contributed by atoms with E-state index in [2.05, 4.69) is 32.0 Å². The number of halogens is 2. The molecule has 1 aromatic carbocycles. The fraction of sp³-hybridized carbons (Fsp3) is 0.154. The van der Waals surface area contributed by atoms with E-state index in [-0.39, 0.29) is 10.6 Å². The van der Waals surface area contributed by atoms with Crippen molar-refractivity contribution in [1.82, 2.24) is 9.97 Å². The minimum atomic E-state index is -0.187. The SMILES string of the molecule is Fc1ccc2cc(C(Br)Cc3ncc[nH]3)sc2c1. The molecule has 2 heterocycles. The average Bonchev–Trinajstić information content (AvgIpc) is 2.96. The molecule has 3 rings (SSSR count). The second kappa shape index (κ2) is 4.82. The number of H-pyrrole nitrogens is 1. The molecule has 92 valence electrons. The molecule has 18 heavy (non-hydrogen) atoms. The van der Waals surface area contributed by atoms with Crippen LogP contribution in [-0.2, 0) is 6.42 Å². The highest BCUT2D eigenvalue weighted by molar-refractivity contribution is 9.09. The summed E-state index contributed by atoms with van der Waals surface area (Å²) < 4.78 is 14.1. The number of benzene rings is 1. The smallest absolute Gasteiger partial charge is 0.124 e. The van der Waals surface area contributed by atoms with Gasteiger partial charge in [0.2, 0.25) is 0 Å². The highest BCUT2D eigenvalue weighted by Crippen LogP contribution is 2.35. The third-order valence-corrected chi connectivity index (χ3v) is 5.07. The van der Waals surface area contributed by atoms with Crippen LogP contribution in [0.15, 0.2) is 36.7 Å². The van der Waals surface area contributed by atoms with Crippen LogP contribution < -0.4 is 0 Å². The molecule has 0 bridgehead atoms. The second-order valence-electron chi connectivity index (χ2n) is 4.04. The Morgan fingerprint density at radius 3 is 3.06 bits per heavy atom. The lowest BCUT2D eigenvalue weighted by Crippen LogP contribution is -1.94. The monoisotopic (exact) mass is 324 g/mol. The maximum atomic E-state index is 13.1. The van der Waals surface area contributed by atoms with Crippen LogP contribution >= 0.6 is 27.3 Å². The summed E-state index contributed by atoms with van der Waals surface area (Å²) in [5.41, 5.74) is 0. The van der Waals surface area contributed by atoms with Crippen molar-refractivity contribution < 1.29 is 4.39 Å². The molecule has 0 saturated carbocycles. The Bertz CT molecular complexity index is 663. The zero-order valence-corrected chi connectivity index (χ0v) is 11.8. The molecule has 1 N–H and O–H groups in total. The van der Waals surface area contributed by atoms with Crippen LogP contribution in [0, 0.1) is 5.82 Å². The summed E-state index contributed by atoms with van der Waals surface area (Å²) in [5, 5.41) is 1.08. The summed E-state index contributed by atoms with van der Waals surface area (Å²) in [6, 6.07) is 6.99. The fourth-order valence-corrected chi connectivity index (χ4v) is 3.65. The second-order valence-corrected chi connectivity index (χ2v) is 6.26. The predicted octanol–water partition coefficient (Wildman–Crippen LogP) is 4.44. The summed E-state index contributed by atoms with van der Waals surface area (Å²) in [4.78, 5) is 8.68. The minimum absolute atomic E-state index is 0.187. The first-order chi connectivity index (χ1) is 8.72. The molecular formula is C13H10BrFN2S. The van der Waals surface area contributed by atoms with E-state index < -0.39 is 0 Å². The van der Waals surface area contributed by atoms with E-state index >= 15 is 0 Å². The molecule has 0 saturated heterocycles. The first-order valence-electron chi connectivity index (χ1n) is 5.54. The first kappa shape index (κ1) is 11.9. The zero-order chi connectivity index (χ0) is 12.5. The number of nitrogens with one attached hydrogen (secondary N) is 1. The maximum absolute atomic E-state index is 13.1. The summed E-state index contributed by atoms with van der Waals surface area (Å²) >= 11 is 5.27. The molecule has 0 aliphatic rings. The van der Waals surface area contributed by atoms with E-state index in [0.29, 0.717) is 0 Å². The standard InChI is InChI=1S/C13H10BrFN2S/c14-10(7-13-16-3-4-17-13)12-5-8-1-2-9(15)6-11(8)18-12/h1-6,10H,7H2,(H,16,17). The van der Waals surface area contributed by atoms with Crippen molar-refractivity contribution in [3.63, 3.8) is 0 Å². The number of rotatable bonds is 3. The topological polar surface area (TPSA) is 28.7 Å². The Labute approximate surface area is 116 Å². The van der Waals surface area contributed by atoms with Crippen molar-refractivity contribution >= 4 is 37.4 Å². The van der Waals surface area contributed by atoms with Gasteiger partial charge in [0.15, 0.2) is 0 Å². The van der Waals surface area contributed by atoms with Gasteiger partial charge in [0, 0.05) is 28.4 Å². The van der Waals surface area contributed by atoms with Crippen molar-refractivity contribution in [2.75, 3.05) is 0 Å². The third kappa shape index (κ3) is 2.33. The molecule has 1 atom stereocenters. The normalized spacial score (nSPS) is 13.0. The molecule has 3 aromatic rings. The Kier molecular flexibility index (Phi) is 3.18. The lowest BCUT2D eigenvalue weighted by Gasteiger charge is -2.04. The number of fused-ring (bicyclic) bond motifs is 1. The number of aromatic amines is 1. The summed E-state index contributed by atoms with van der Waals surface area (Å²) in [5.74, 6) is 0.758. The van der Waals surface area contributed by atoms with Crippen LogP contribution in [0.1, 0.15) is 15.5 Å². The Balaban J connectivity index is 1.89. The van der Waals surface area contributed by atoms with Gasteiger partial charge in [-0.2, -0.15) is 0 Å². The van der Waals surface area contributed by atoms with E-state index in [0.717, 1.165) is 22.3 Å². The molecule has 5 heteroatoms. The van der Waals surface area contributed by atoms with Crippen LogP contribution in [0.3, 0.4) is 0 Å². The van der Waals surface area contributed by atoms with Gasteiger partial charge >= 0.3 is 0 Å². The van der Waals surface area contributed by atoms with E-state index in [9.17, 15) is 4.39 Å². The third-order valence-electron chi connectivity index (χ3n) is 2.74. The number of nitrogens with zero attached hydrogens (tertiary/aromatic N) is 1. The molecular weight excluding hydrogens is 315 g/mol. The lowest BCUT2D eigenvalue weighted by atomic mass is 10.2. The van der Waals surface area contributed by atoms with Gasteiger partial charge in [-0.15, -0.1) is 11.3 Å². The number of imidazole rings is 1. The molecule has 1 unspecified atom stereocenters. The number of thiophene rings is 1. The van der Waals surface area contributed by atoms with Crippen LogP contribution in [0.25, 0.3) is 10.1 Å². The molecule has 0 aliphatic carbocycles. The molecule has 0 amide bonds. The highest BCUT2D eigenvalue weighted by Gasteiger charge is 2.13. The van der Waals surface area contributed by atoms with Gasteiger partial charge in [-0.05, 0) is 23.6 Å². The Morgan fingerprint density at radius 1 is 1.39 bits per heavy atom. The largest absolute Gasteiger partial charge is 0.349 e. The quantitative estimate of drug-likeness (QED) is 0.709. The summed E-state index contributed by atoms with van der Waals surface area (Å²) in [6.45, 7) is 0. The van der Waals surface area contributed by atoms with Crippen molar-refractivity contribution in [3.05, 3.63) is 53.2 Å². The van der Waals surface area contributed by atoms with Gasteiger partial charge in [0.25, 0.3) is 0 Å². The van der Waals surface area contributed by atoms with E-state index in [1.54, 1.807) is 23.6 Å². The summed E-state index contributed by atoms with van der Waals surface area (Å²) in [6.07, 6.45) is 4.35. The van der Waals surface area contributed by atoms with Gasteiger partial charge in [0.05, 0.1) is 4.83 Å². The molecule has 0 spiro atoms. The van der Waals surface area contributed by atoms with E-state index in [1.165, 1.54) is 10.9 Å². The number of aromatic nitrogens is 2. The predicted molar refractivity (Wildman–Crippen MR) is 75.7 cm³/mol. The fourth-order valence-electron chi connectivity index (χ4n) is 1.86. The molecule has 0 aliphatic heterocycles. The van der Waals surface area contributed by atoms with Crippen LogP contribution in [0.4, 0.5) is 4.39 Å². The number of alkyl halides is 1. The van der Waals surface area contributed by atoms with Gasteiger partial charge in [-0.25, -0.2) is 9.37 Å². The number of hydrogen-bond acceptors (Lipinski definition) is 2. The molecule has 2 aromatic heterocycles. The minimum Gasteiger partial charge on any atom is -0.349 e. The average molecular weight is 325 g/mol. The maximum Gasteiger partial charge on any atom is 0.124 e. The van der Waals surface area contributed by atoms with Crippen LogP contribution in [0.2, 0.25) is 0 Å². The lowest BCUT2D eigenvalue weighted by molar-refractivity contribution is 0.630. The highest BCUT2D eigenvalue weighted by atomic mass is 79.9. The Hall–Kier alpha value is -1.20. The number of hydrogen-bond donors (Lipinski definition) is 1. The van der Waals surface area contributed by atoms with Crippen molar-refractivity contribution in [2.45, 2.75) is 11.2 Å². The van der Waals surface area contributed by atoms with Gasteiger partial charge < -0.3 is 4.98 Å².